The van der Waals surface area contributed by atoms with E-state index in [1.54, 1.807) is 20.8 Å². The predicted molar refractivity (Wildman–Crippen MR) is 113 cm³/mol. The second-order valence-corrected chi connectivity index (χ2v) is 8.38. The molecule has 164 valence electrons. The number of hydrogen-bond donors (Lipinski definition) is 2. The molecule has 0 radical (unpaired) electrons. The predicted octanol–water partition coefficient (Wildman–Crippen LogP) is 4.58. The van der Waals surface area contributed by atoms with Gasteiger partial charge in [-0.15, -0.1) is 0 Å². The Balaban J connectivity index is 2.10. The van der Waals surface area contributed by atoms with Crippen LogP contribution in [0.5, 0.6) is 5.75 Å². The Morgan fingerprint density at radius 2 is 1.93 bits per heavy atom. The van der Waals surface area contributed by atoms with E-state index < -0.39 is 29.2 Å². The van der Waals surface area contributed by atoms with Crippen molar-refractivity contribution in [3.8, 4) is 5.75 Å². The summed E-state index contributed by atoms with van der Waals surface area (Å²) in [7, 11) is 0. The summed E-state index contributed by atoms with van der Waals surface area (Å²) < 4.78 is 16.0. The fraction of sp³-hybridized carbons (Fsp3) is 0.450. The summed E-state index contributed by atoms with van der Waals surface area (Å²) in [5, 5.41) is 12.3. The minimum absolute atomic E-state index is 0.00392. The minimum Gasteiger partial charge on any atom is -0.490 e. The van der Waals surface area contributed by atoms with Crippen LogP contribution in [0.25, 0.3) is 11.0 Å². The monoisotopic (exact) mass is 459 g/mol. The number of alkyl carbamates (subject to hydrolysis) is 1. The summed E-state index contributed by atoms with van der Waals surface area (Å²) in [6, 6.07) is 2.88. The first-order valence-electron chi connectivity index (χ1n) is 9.19. The number of carbonyl (C=O) groups is 2. The second kappa shape index (κ2) is 9.57. The van der Waals surface area contributed by atoms with E-state index in [9.17, 15) is 14.4 Å². The van der Waals surface area contributed by atoms with Crippen LogP contribution < -0.4 is 15.7 Å². The number of rotatable bonds is 7. The molecule has 1 aromatic carbocycles. The second-order valence-electron chi connectivity index (χ2n) is 7.60. The van der Waals surface area contributed by atoms with E-state index in [1.165, 1.54) is 19.1 Å². The van der Waals surface area contributed by atoms with Gasteiger partial charge in [-0.1, -0.05) is 23.2 Å². The molecule has 1 amide bonds. The van der Waals surface area contributed by atoms with Crippen molar-refractivity contribution in [3.05, 3.63) is 38.2 Å². The first-order valence-corrected chi connectivity index (χ1v) is 9.94. The number of halogens is 2. The van der Waals surface area contributed by atoms with Gasteiger partial charge in [0, 0.05) is 11.9 Å². The molecule has 2 aromatic rings. The minimum atomic E-state index is -1.15. The lowest BCUT2D eigenvalue weighted by atomic mass is 10.0. The third-order valence-electron chi connectivity index (χ3n) is 3.97. The highest BCUT2D eigenvalue weighted by atomic mass is 35.5. The van der Waals surface area contributed by atoms with Crippen LogP contribution in [-0.2, 0) is 9.53 Å². The molecule has 0 bridgehead atoms. The number of carboxylic acid groups (broad SMARTS) is 1. The zero-order valence-electron chi connectivity index (χ0n) is 17.0. The first kappa shape index (κ1) is 23.8. The number of hydrogen-bond acceptors (Lipinski definition) is 6. The number of amides is 1. The number of nitrogens with one attached hydrogen (secondary N) is 1. The van der Waals surface area contributed by atoms with Gasteiger partial charge in [-0.2, -0.15) is 0 Å². The average molecular weight is 460 g/mol. The van der Waals surface area contributed by atoms with E-state index in [-0.39, 0.29) is 33.5 Å². The molecular formula is C20H23Cl2NO7. The molecule has 0 saturated carbocycles. The van der Waals surface area contributed by atoms with Crippen LogP contribution in [-0.4, -0.2) is 35.9 Å². The highest BCUT2D eigenvalue weighted by Gasteiger charge is 2.22. The number of carbonyl (C=O) groups excluding carboxylic acids is 1. The van der Waals surface area contributed by atoms with Gasteiger partial charge in [0.25, 0.3) is 0 Å². The maximum absolute atomic E-state index is 12.2. The van der Waals surface area contributed by atoms with Crippen LogP contribution in [0, 0.1) is 0 Å². The van der Waals surface area contributed by atoms with Gasteiger partial charge in [-0.05, 0) is 46.2 Å². The molecule has 1 aromatic heterocycles. The fourth-order valence-electron chi connectivity index (χ4n) is 2.51. The van der Waals surface area contributed by atoms with Crippen molar-refractivity contribution >= 4 is 46.2 Å². The normalized spacial score (nSPS) is 12.5. The topological polar surface area (TPSA) is 115 Å². The van der Waals surface area contributed by atoms with Gasteiger partial charge in [-0.25, -0.2) is 9.59 Å². The molecule has 1 unspecified atom stereocenters. The average Bonchev–Trinajstić information content (AvgIpc) is 2.62. The van der Waals surface area contributed by atoms with E-state index >= 15 is 0 Å². The van der Waals surface area contributed by atoms with E-state index in [4.69, 9.17) is 42.2 Å². The molecule has 0 saturated heterocycles. The largest absolute Gasteiger partial charge is 0.490 e. The Morgan fingerprint density at radius 1 is 1.27 bits per heavy atom. The van der Waals surface area contributed by atoms with Crippen LogP contribution in [0.15, 0.2) is 21.3 Å². The maximum Gasteiger partial charge on any atom is 0.407 e. The number of benzene rings is 1. The molecule has 1 heterocycles. The highest BCUT2D eigenvalue weighted by molar-refractivity contribution is 6.40. The van der Waals surface area contributed by atoms with Crippen molar-refractivity contribution in [2.75, 3.05) is 13.2 Å². The molecule has 0 aliphatic rings. The Bertz CT molecular complexity index is 1010. The van der Waals surface area contributed by atoms with Gasteiger partial charge >= 0.3 is 17.7 Å². The molecule has 2 N–H and O–H groups in total. The summed E-state index contributed by atoms with van der Waals surface area (Å²) in [4.78, 5) is 34.9. The quantitative estimate of drug-likeness (QED) is 0.459. The molecule has 30 heavy (non-hydrogen) atoms. The fourth-order valence-corrected chi connectivity index (χ4v) is 3.13. The van der Waals surface area contributed by atoms with E-state index in [0.717, 1.165) is 0 Å². The number of fused-ring (bicyclic) bond motifs is 1. The Labute approximate surface area is 183 Å². The molecule has 0 spiro atoms. The zero-order chi connectivity index (χ0) is 22.6. The van der Waals surface area contributed by atoms with Crippen LogP contribution in [0.1, 0.15) is 45.6 Å². The Kier molecular flexibility index (Phi) is 7.60. The first-order chi connectivity index (χ1) is 13.9. The maximum atomic E-state index is 12.2. The van der Waals surface area contributed by atoms with Gasteiger partial charge in [0.2, 0.25) is 0 Å². The van der Waals surface area contributed by atoms with Gasteiger partial charge in [0.1, 0.15) is 10.6 Å². The summed E-state index contributed by atoms with van der Waals surface area (Å²) in [6.07, 6.45) is -0.0828. The van der Waals surface area contributed by atoms with Crippen LogP contribution in [0.4, 0.5) is 4.79 Å². The zero-order valence-corrected chi connectivity index (χ0v) is 18.5. The van der Waals surface area contributed by atoms with Crippen molar-refractivity contribution in [3.63, 3.8) is 0 Å². The number of aliphatic carboxylic acids is 1. The van der Waals surface area contributed by atoms with Crippen molar-refractivity contribution < 1.29 is 28.6 Å². The van der Waals surface area contributed by atoms with E-state index in [2.05, 4.69) is 5.32 Å². The Hall–Kier alpha value is -2.45. The van der Waals surface area contributed by atoms with E-state index in [1.807, 2.05) is 0 Å². The lowest BCUT2D eigenvalue weighted by molar-refractivity contribution is -0.138. The molecule has 1 atom stereocenters. The lowest BCUT2D eigenvalue weighted by Gasteiger charge is -2.19. The Morgan fingerprint density at radius 3 is 2.53 bits per heavy atom. The van der Waals surface area contributed by atoms with Crippen molar-refractivity contribution in [1.82, 2.24) is 5.32 Å². The summed E-state index contributed by atoms with van der Waals surface area (Å²) in [6.45, 7) is 7.17. The lowest BCUT2D eigenvalue weighted by Crippen LogP contribution is -2.33. The highest BCUT2D eigenvalue weighted by Crippen LogP contribution is 2.39. The number of carboxylic acids is 1. The van der Waals surface area contributed by atoms with Gasteiger partial charge < -0.3 is 24.3 Å². The molecule has 0 aliphatic heterocycles. The van der Waals surface area contributed by atoms with Gasteiger partial charge in [0.05, 0.1) is 23.1 Å². The molecule has 0 aliphatic carbocycles. The van der Waals surface area contributed by atoms with Crippen molar-refractivity contribution in [1.29, 1.82) is 0 Å². The van der Waals surface area contributed by atoms with Crippen LogP contribution in [0.3, 0.4) is 0 Å². The smallest absolute Gasteiger partial charge is 0.407 e. The van der Waals surface area contributed by atoms with Crippen LogP contribution in [0.2, 0.25) is 10.0 Å². The standard InChI is InChI=1S/C20H23Cl2NO7/c1-10(17(24)25)12-8-11-9-13(21)16(14(22)15(11)29-18(12)26)28-7-5-6-23-19(27)30-20(2,3)4/h8-10H,5-7H2,1-4H3,(H,23,27)(H,24,25). The summed E-state index contributed by atoms with van der Waals surface area (Å²) >= 11 is 12.5. The molecule has 8 nitrogen and oxygen atoms in total. The molecule has 2 rings (SSSR count). The summed E-state index contributed by atoms with van der Waals surface area (Å²) in [5.74, 6) is -2.07. The van der Waals surface area contributed by atoms with Crippen molar-refractivity contribution in [2.45, 2.75) is 45.6 Å². The SMILES string of the molecule is CC(C(=O)O)c1cc2cc(Cl)c(OCCCNC(=O)OC(C)(C)C)c(Cl)c2oc1=O. The third kappa shape index (κ3) is 6.03. The van der Waals surface area contributed by atoms with Gasteiger partial charge in [-0.3, -0.25) is 4.79 Å². The molecular weight excluding hydrogens is 437 g/mol. The summed E-state index contributed by atoms with van der Waals surface area (Å²) in [5.41, 5.74) is -1.34. The van der Waals surface area contributed by atoms with Crippen LogP contribution >= 0.6 is 23.2 Å². The van der Waals surface area contributed by atoms with Crippen molar-refractivity contribution in [2.24, 2.45) is 0 Å². The molecule has 10 heteroatoms. The number of ether oxygens (including phenoxy) is 2. The molecule has 0 fully saturated rings. The van der Waals surface area contributed by atoms with E-state index in [0.29, 0.717) is 18.4 Å². The van der Waals surface area contributed by atoms with Gasteiger partial charge in [0.15, 0.2) is 11.3 Å². The third-order valence-corrected chi connectivity index (χ3v) is 4.60.